The van der Waals surface area contributed by atoms with Gasteiger partial charge < -0.3 is 10.1 Å². The van der Waals surface area contributed by atoms with Crippen LogP contribution in [0.25, 0.3) is 0 Å². The van der Waals surface area contributed by atoms with Crippen molar-refractivity contribution >= 4 is 21.6 Å². The van der Waals surface area contributed by atoms with E-state index in [1.165, 1.54) is 17.5 Å². The molecule has 0 aliphatic heterocycles. The summed E-state index contributed by atoms with van der Waals surface area (Å²) in [6, 6.07) is 12.8. The number of nitrogens with one attached hydrogen (secondary N) is 1. The second kappa shape index (κ2) is 9.08. The van der Waals surface area contributed by atoms with Crippen molar-refractivity contribution in [1.29, 1.82) is 0 Å². The molecular weight excluding hydrogens is 400 g/mol. The summed E-state index contributed by atoms with van der Waals surface area (Å²) >= 11 is 0. The Morgan fingerprint density at radius 1 is 1.07 bits per heavy atom. The Morgan fingerprint density at radius 2 is 1.73 bits per heavy atom. The summed E-state index contributed by atoms with van der Waals surface area (Å²) in [7, 11) is -3.63. The first-order valence-corrected chi connectivity index (χ1v) is 12.1. The summed E-state index contributed by atoms with van der Waals surface area (Å²) in [4.78, 5) is 12.7. The van der Waals surface area contributed by atoms with Gasteiger partial charge in [-0.15, -0.1) is 0 Å². The summed E-state index contributed by atoms with van der Waals surface area (Å²) in [5, 5.41) is 2.93. The maximum Gasteiger partial charge on any atom is 0.241 e. The van der Waals surface area contributed by atoms with Crippen LogP contribution in [0.1, 0.15) is 49.9 Å². The van der Waals surface area contributed by atoms with E-state index in [4.69, 9.17) is 4.74 Å². The lowest BCUT2D eigenvalue weighted by Gasteiger charge is -2.24. The predicted molar refractivity (Wildman–Crippen MR) is 119 cm³/mol. The Labute approximate surface area is 179 Å². The molecule has 1 aliphatic rings. The normalized spacial score (nSPS) is 14.3. The Balaban J connectivity index is 1.69. The lowest BCUT2D eigenvalue weighted by atomic mass is 10.0. The van der Waals surface area contributed by atoms with Crippen molar-refractivity contribution in [3.05, 3.63) is 59.2 Å². The van der Waals surface area contributed by atoms with Gasteiger partial charge in [-0.05, 0) is 81.0 Å². The van der Waals surface area contributed by atoms with Gasteiger partial charge in [0, 0.05) is 0 Å². The molecule has 0 saturated carbocycles. The average molecular weight is 431 g/mol. The highest BCUT2D eigenvalue weighted by atomic mass is 32.2. The molecule has 1 amide bonds. The first-order valence-electron chi connectivity index (χ1n) is 10.3. The number of hydrogen-bond acceptors (Lipinski definition) is 4. The van der Waals surface area contributed by atoms with E-state index in [9.17, 15) is 13.2 Å². The van der Waals surface area contributed by atoms with Crippen molar-refractivity contribution < 1.29 is 17.9 Å². The van der Waals surface area contributed by atoms with Gasteiger partial charge in [0.25, 0.3) is 0 Å². The lowest BCUT2D eigenvalue weighted by molar-refractivity contribution is -0.120. The largest absolute Gasteiger partial charge is 0.491 e. The minimum atomic E-state index is -3.63. The van der Waals surface area contributed by atoms with Crippen LogP contribution in [0.2, 0.25) is 0 Å². The quantitative estimate of drug-likeness (QED) is 0.694. The number of hydrogen-bond donors (Lipinski definition) is 1. The fraction of sp³-hybridized carbons (Fsp3) is 0.435. The van der Waals surface area contributed by atoms with Crippen molar-refractivity contribution in [1.82, 2.24) is 5.32 Å². The Hall–Kier alpha value is -2.54. The van der Waals surface area contributed by atoms with E-state index in [1.807, 2.05) is 26.8 Å². The molecule has 0 heterocycles. The third-order valence-corrected chi connectivity index (χ3v) is 6.32. The van der Waals surface area contributed by atoms with Gasteiger partial charge in [0.2, 0.25) is 15.9 Å². The van der Waals surface area contributed by atoms with Crippen LogP contribution in [0.15, 0.2) is 42.5 Å². The van der Waals surface area contributed by atoms with E-state index in [2.05, 4.69) is 17.4 Å². The smallest absolute Gasteiger partial charge is 0.241 e. The summed E-state index contributed by atoms with van der Waals surface area (Å²) in [6.45, 7) is 5.47. The second-order valence-corrected chi connectivity index (χ2v) is 10.0. The van der Waals surface area contributed by atoms with Crippen LogP contribution in [-0.4, -0.2) is 33.2 Å². The summed E-state index contributed by atoms with van der Waals surface area (Å²) in [5.74, 6) is 0.299. The minimum Gasteiger partial charge on any atom is -0.491 e. The van der Waals surface area contributed by atoms with Crippen LogP contribution in [0.3, 0.4) is 0 Å². The molecule has 1 N–H and O–H groups in total. The molecule has 0 saturated heterocycles. The molecule has 6 nitrogen and oxygen atoms in total. The van der Waals surface area contributed by atoms with Gasteiger partial charge in [-0.3, -0.25) is 9.10 Å². The molecular formula is C23H30N2O4S. The second-order valence-electron chi connectivity index (χ2n) is 8.10. The fourth-order valence-corrected chi connectivity index (χ4v) is 4.58. The first-order chi connectivity index (χ1) is 14.1. The fourth-order valence-electron chi connectivity index (χ4n) is 3.73. The van der Waals surface area contributed by atoms with Gasteiger partial charge in [0.1, 0.15) is 12.3 Å². The van der Waals surface area contributed by atoms with E-state index < -0.39 is 10.0 Å². The number of ether oxygens (including phenoxy) is 1. The highest BCUT2D eigenvalue weighted by Crippen LogP contribution is 2.26. The Bertz CT molecular complexity index is 1000. The van der Waals surface area contributed by atoms with E-state index in [1.54, 1.807) is 24.3 Å². The van der Waals surface area contributed by atoms with Crippen molar-refractivity contribution in [3.8, 4) is 5.75 Å². The number of carbonyl (C=O) groups excluding carboxylic acids is 1. The molecule has 3 rings (SSSR count). The molecule has 0 unspecified atom stereocenters. The maximum absolute atomic E-state index is 12.7. The number of fused-ring (bicyclic) bond motifs is 1. The molecule has 0 spiro atoms. The standard InChI is InChI=1S/C23H30N2O4S/c1-16(2)29-22-12-10-21(11-13-22)25(30(4,27)28)15-23(26)24-17(3)19-9-8-18-6-5-7-20(18)14-19/h8-14,16-17H,5-7,15H2,1-4H3,(H,24,26)/t17-/m1/s1. The molecule has 0 aromatic heterocycles. The zero-order valence-corrected chi connectivity index (χ0v) is 18.8. The molecule has 1 aliphatic carbocycles. The molecule has 0 bridgehead atoms. The monoisotopic (exact) mass is 430 g/mol. The van der Waals surface area contributed by atoms with E-state index >= 15 is 0 Å². The van der Waals surface area contributed by atoms with Crippen molar-refractivity contribution in [2.45, 2.75) is 52.2 Å². The highest BCUT2D eigenvalue weighted by molar-refractivity contribution is 7.92. The van der Waals surface area contributed by atoms with Gasteiger partial charge in [-0.1, -0.05) is 18.2 Å². The molecule has 7 heteroatoms. The van der Waals surface area contributed by atoms with Gasteiger partial charge in [0.15, 0.2) is 0 Å². The van der Waals surface area contributed by atoms with Crippen molar-refractivity contribution in [3.63, 3.8) is 0 Å². The molecule has 1 atom stereocenters. The number of aryl methyl sites for hydroxylation is 2. The molecule has 162 valence electrons. The Morgan fingerprint density at radius 3 is 2.37 bits per heavy atom. The number of anilines is 1. The van der Waals surface area contributed by atoms with Crippen LogP contribution in [0.4, 0.5) is 5.69 Å². The van der Waals surface area contributed by atoms with E-state index in [-0.39, 0.29) is 24.6 Å². The highest BCUT2D eigenvalue weighted by Gasteiger charge is 2.22. The maximum atomic E-state index is 12.7. The van der Waals surface area contributed by atoms with Gasteiger partial charge in [-0.25, -0.2) is 8.42 Å². The number of nitrogens with zero attached hydrogens (tertiary/aromatic N) is 1. The number of amides is 1. The topological polar surface area (TPSA) is 75.7 Å². The zero-order chi connectivity index (χ0) is 21.9. The van der Waals surface area contributed by atoms with E-state index in [0.29, 0.717) is 11.4 Å². The SMILES string of the molecule is CC(C)Oc1ccc(N(CC(=O)N[C@H](C)c2ccc3c(c2)CCC3)S(C)(=O)=O)cc1. The van der Waals surface area contributed by atoms with Gasteiger partial charge in [-0.2, -0.15) is 0 Å². The molecule has 2 aromatic carbocycles. The van der Waals surface area contributed by atoms with E-state index in [0.717, 1.165) is 29.0 Å². The van der Waals surface area contributed by atoms with Crippen LogP contribution >= 0.6 is 0 Å². The number of benzene rings is 2. The average Bonchev–Trinajstić information content (AvgIpc) is 3.13. The summed E-state index contributed by atoms with van der Waals surface area (Å²) in [5.41, 5.74) is 4.18. The summed E-state index contributed by atoms with van der Waals surface area (Å²) in [6.07, 6.45) is 4.48. The lowest BCUT2D eigenvalue weighted by Crippen LogP contribution is -2.41. The van der Waals surface area contributed by atoms with Crippen LogP contribution in [0.5, 0.6) is 5.75 Å². The third kappa shape index (κ3) is 5.53. The first kappa shape index (κ1) is 22.2. The third-order valence-electron chi connectivity index (χ3n) is 5.18. The number of rotatable bonds is 8. The predicted octanol–water partition coefficient (Wildman–Crippen LogP) is 3.61. The molecule has 0 radical (unpaired) electrons. The van der Waals surface area contributed by atoms with Crippen molar-refractivity contribution in [2.24, 2.45) is 0 Å². The van der Waals surface area contributed by atoms with Crippen molar-refractivity contribution in [2.75, 3.05) is 17.1 Å². The van der Waals surface area contributed by atoms with Crippen LogP contribution in [0, 0.1) is 0 Å². The number of carbonyl (C=O) groups is 1. The van der Waals surface area contributed by atoms with Gasteiger partial charge in [0.05, 0.1) is 24.1 Å². The number of sulfonamides is 1. The molecule has 2 aromatic rings. The minimum absolute atomic E-state index is 0.0216. The van der Waals surface area contributed by atoms with Crippen LogP contribution < -0.4 is 14.4 Å². The summed E-state index contributed by atoms with van der Waals surface area (Å²) < 4.78 is 31.4. The molecule has 30 heavy (non-hydrogen) atoms. The van der Waals surface area contributed by atoms with Gasteiger partial charge >= 0.3 is 0 Å². The van der Waals surface area contributed by atoms with Crippen LogP contribution in [-0.2, 0) is 27.7 Å². The zero-order valence-electron chi connectivity index (χ0n) is 18.0. The molecule has 0 fully saturated rings. The Kier molecular flexibility index (Phi) is 6.71.